The average molecular weight is 280 g/mol. The molecule has 1 atom stereocenters. The Balaban J connectivity index is 2.08. The minimum atomic E-state index is -0.170. The maximum absolute atomic E-state index is 12.0. The molecule has 0 N–H and O–H groups in total. The van der Waals surface area contributed by atoms with Crippen molar-refractivity contribution in [2.24, 2.45) is 0 Å². The summed E-state index contributed by atoms with van der Waals surface area (Å²) in [5.41, 5.74) is 3.52. The van der Waals surface area contributed by atoms with E-state index < -0.39 is 0 Å². The van der Waals surface area contributed by atoms with Gasteiger partial charge in [-0.1, -0.05) is 42.0 Å². The number of aryl methyl sites for hydroxylation is 1. The summed E-state index contributed by atoms with van der Waals surface area (Å²) >= 11 is 0. The van der Waals surface area contributed by atoms with Gasteiger partial charge in [0.2, 0.25) is 0 Å². The van der Waals surface area contributed by atoms with Gasteiger partial charge in [0.25, 0.3) is 0 Å². The number of rotatable bonds is 3. The van der Waals surface area contributed by atoms with Crippen LogP contribution in [0.25, 0.3) is 0 Å². The van der Waals surface area contributed by atoms with Crippen molar-refractivity contribution < 1.29 is 9.53 Å². The van der Waals surface area contributed by atoms with Gasteiger partial charge in [-0.15, -0.1) is 0 Å². The van der Waals surface area contributed by atoms with Gasteiger partial charge in [-0.3, -0.25) is 4.79 Å². The largest absolute Gasteiger partial charge is 0.497 e. The Kier molecular flexibility index (Phi) is 3.54. The molecule has 0 radical (unpaired) electrons. The highest BCUT2D eigenvalue weighted by molar-refractivity contribution is 5.84. The first-order chi connectivity index (χ1) is 10.1. The first-order valence-corrected chi connectivity index (χ1v) is 7.37. The van der Waals surface area contributed by atoms with Gasteiger partial charge in [-0.2, -0.15) is 0 Å². The van der Waals surface area contributed by atoms with E-state index in [0.29, 0.717) is 18.6 Å². The SMILES string of the molecule is COc1ccc([C@]2(c3ccc(C)cc3)CCC(=O)C2)cc1. The Hall–Kier alpha value is -2.09. The molecule has 2 nitrogen and oxygen atoms in total. The van der Waals surface area contributed by atoms with Crippen LogP contribution in [0.2, 0.25) is 0 Å². The highest BCUT2D eigenvalue weighted by Crippen LogP contribution is 2.45. The Morgan fingerprint density at radius 1 is 0.952 bits per heavy atom. The Morgan fingerprint density at radius 2 is 1.52 bits per heavy atom. The van der Waals surface area contributed by atoms with Crippen LogP contribution in [0.3, 0.4) is 0 Å². The molecule has 2 heteroatoms. The summed E-state index contributed by atoms with van der Waals surface area (Å²) in [7, 11) is 1.67. The van der Waals surface area contributed by atoms with Crippen molar-refractivity contribution in [3.8, 4) is 5.75 Å². The lowest BCUT2D eigenvalue weighted by Crippen LogP contribution is -2.24. The highest BCUT2D eigenvalue weighted by Gasteiger charge is 2.41. The topological polar surface area (TPSA) is 26.3 Å². The molecule has 0 bridgehead atoms. The zero-order valence-electron chi connectivity index (χ0n) is 12.6. The van der Waals surface area contributed by atoms with Crippen LogP contribution >= 0.6 is 0 Å². The number of ether oxygens (including phenoxy) is 1. The summed E-state index contributed by atoms with van der Waals surface area (Å²) < 4.78 is 5.24. The smallest absolute Gasteiger partial charge is 0.134 e. The number of ketones is 1. The van der Waals surface area contributed by atoms with Gasteiger partial charge in [0.05, 0.1) is 7.11 Å². The third-order valence-electron chi connectivity index (χ3n) is 4.58. The van der Waals surface area contributed by atoms with Gasteiger partial charge in [0, 0.05) is 18.3 Å². The molecule has 0 unspecified atom stereocenters. The summed E-state index contributed by atoms with van der Waals surface area (Å²) in [4.78, 5) is 12.0. The summed E-state index contributed by atoms with van der Waals surface area (Å²) in [6.45, 7) is 2.09. The van der Waals surface area contributed by atoms with Gasteiger partial charge >= 0.3 is 0 Å². The Morgan fingerprint density at radius 3 is 2.00 bits per heavy atom. The van der Waals surface area contributed by atoms with Crippen LogP contribution in [-0.2, 0) is 10.2 Å². The molecular formula is C19H20O2. The van der Waals surface area contributed by atoms with Crippen LogP contribution in [0.1, 0.15) is 36.0 Å². The molecule has 0 amide bonds. The Labute approximate surface area is 125 Å². The molecule has 1 aliphatic rings. The van der Waals surface area contributed by atoms with Crippen LogP contribution in [0, 0.1) is 6.92 Å². The fourth-order valence-corrected chi connectivity index (χ4v) is 3.31. The molecule has 3 rings (SSSR count). The van der Waals surface area contributed by atoms with Gasteiger partial charge in [-0.25, -0.2) is 0 Å². The fraction of sp³-hybridized carbons (Fsp3) is 0.316. The summed E-state index contributed by atoms with van der Waals surface area (Å²) in [5.74, 6) is 1.20. The highest BCUT2D eigenvalue weighted by atomic mass is 16.5. The lowest BCUT2D eigenvalue weighted by Gasteiger charge is -2.30. The zero-order chi connectivity index (χ0) is 14.9. The second-order valence-corrected chi connectivity index (χ2v) is 5.89. The number of carbonyl (C=O) groups is 1. The fourth-order valence-electron chi connectivity index (χ4n) is 3.31. The van der Waals surface area contributed by atoms with E-state index >= 15 is 0 Å². The molecule has 0 aliphatic heterocycles. The van der Waals surface area contributed by atoms with E-state index in [0.717, 1.165) is 12.2 Å². The number of Topliss-reactive ketones (excluding diaryl/α,β-unsaturated/α-hetero) is 1. The van der Waals surface area contributed by atoms with E-state index in [2.05, 4.69) is 43.3 Å². The standard InChI is InChI=1S/C19H20O2/c1-14-3-5-15(6-4-14)19(12-11-17(20)13-19)16-7-9-18(21-2)10-8-16/h3-10H,11-13H2,1-2H3/t19-/m1/s1. The predicted molar refractivity (Wildman–Crippen MR) is 83.8 cm³/mol. The molecule has 1 aliphatic carbocycles. The molecule has 0 saturated heterocycles. The first-order valence-electron chi connectivity index (χ1n) is 7.37. The van der Waals surface area contributed by atoms with Gasteiger partial charge < -0.3 is 4.74 Å². The molecule has 108 valence electrons. The second-order valence-electron chi connectivity index (χ2n) is 5.89. The number of hydrogen-bond donors (Lipinski definition) is 0. The van der Waals surface area contributed by atoms with Crippen molar-refractivity contribution in [3.05, 3.63) is 65.2 Å². The van der Waals surface area contributed by atoms with Crippen LogP contribution in [0.15, 0.2) is 48.5 Å². The number of methoxy groups -OCH3 is 1. The normalized spacial score (nSPS) is 21.5. The molecular weight excluding hydrogens is 260 g/mol. The number of carbonyl (C=O) groups excluding carboxylic acids is 1. The molecule has 1 fully saturated rings. The van der Waals surface area contributed by atoms with E-state index in [1.807, 2.05) is 12.1 Å². The minimum absolute atomic E-state index is 0.170. The van der Waals surface area contributed by atoms with Gasteiger partial charge in [-0.05, 0) is 36.6 Å². The quantitative estimate of drug-likeness (QED) is 0.848. The van der Waals surface area contributed by atoms with Crippen LogP contribution in [0.5, 0.6) is 5.75 Å². The van der Waals surface area contributed by atoms with Crippen LogP contribution in [0.4, 0.5) is 0 Å². The molecule has 2 aromatic rings. The van der Waals surface area contributed by atoms with E-state index in [-0.39, 0.29) is 5.41 Å². The van der Waals surface area contributed by atoms with Gasteiger partial charge in [0.1, 0.15) is 11.5 Å². The minimum Gasteiger partial charge on any atom is -0.497 e. The van der Waals surface area contributed by atoms with Crippen LogP contribution in [-0.4, -0.2) is 12.9 Å². The molecule has 1 saturated carbocycles. The third kappa shape index (κ3) is 2.46. The average Bonchev–Trinajstić information content (AvgIpc) is 2.91. The van der Waals surface area contributed by atoms with Crippen molar-refractivity contribution in [1.29, 1.82) is 0 Å². The summed E-state index contributed by atoms with van der Waals surface area (Å²) in [6, 6.07) is 16.7. The van der Waals surface area contributed by atoms with E-state index in [1.165, 1.54) is 16.7 Å². The second kappa shape index (κ2) is 5.36. The number of hydrogen-bond acceptors (Lipinski definition) is 2. The zero-order valence-corrected chi connectivity index (χ0v) is 12.6. The maximum Gasteiger partial charge on any atom is 0.134 e. The van der Waals surface area contributed by atoms with Crippen molar-refractivity contribution in [3.63, 3.8) is 0 Å². The van der Waals surface area contributed by atoms with Crippen molar-refractivity contribution in [2.45, 2.75) is 31.6 Å². The van der Waals surface area contributed by atoms with E-state index in [1.54, 1.807) is 7.11 Å². The lowest BCUT2D eigenvalue weighted by atomic mass is 9.73. The van der Waals surface area contributed by atoms with Crippen molar-refractivity contribution >= 4 is 5.78 Å². The molecule has 2 aromatic carbocycles. The van der Waals surface area contributed by atoms with E-state index in [9.17, 15) is 4.79 Å². The predicted octanol–water partition coefficient (Wildman–Crippen LogP) is 4.04. The molecule has 0 aromatic heterocycles. The van der Waals surface area contributed by atoms with Crippen molar-refractivity contribution in [1.82, 2.24) is 0 Å². The molecule has 0 heterocycles. The van der Waals surface area contributed by atoms with E-state index in [4.69, 9.17) is 4.74 Å². The van der Waals surface area contributed by atoms with Gasteiger partial charge in [0.15, 0.2) is 0 Å². The lowest BCUT2D eigenvalue weighted by molar-refractivity contribution is -0.117. The number of benzene rings is 2. The van der Waals surface area contributed by atoms with Crippen LogP contribution < -0.4 is 4.74 Å². The first kappa shape index (κ1) is 13.9. The maximum atomic E-state index is 12.0. The third-order valence-corrected chi connectivity index (χ3v) is 4.58. The summed E-state index contributed by atoms with van der Waals surface area (Å²) in [6.07, 6.45) is 2.16. The summed E-state index contributed by atoms with van der Waals surface area (Å²) in [5, 5.41) is 0. The molecule has 21 heavy (non-hydrogen) atoms. The van der Waals surface area contributed by atoms with Crippen molar-refractivity contribution in [2.75, 3.05) is 7.11 Å². The molecule has 0 spiro atoms. The monoisotopic (exact) mass is 280 g/mol. The Bertz CT molecular complexity index is 640.